The van der Waals surface area contributed by atoms with E-state index in [1.165, 1.54) is 6.33 Å². The second-order valence-corrected chi connectivity index (χ2v) is 9.18. The maximum atomic E-state index is 13.5. The van der Waals surface area contributed by atoms with Crippen LogP contribution in [0.3, 0.4) is 0 Å². The lowest BCUT2D eigenvalue weighted by Crippen LogP contribution is -2.25. The molecule has 7 nitrogen and oxygen atoms in total. The highest BCUT2D eigenvalue weighted by Crippen LogP contribution is 2.41. The first kappa shape index (κ1) is 20.9. The Kier molecular flexibility index (Phi) is 5.37. The molecule has 0 bridgehead atoms. The van der Waals surface area contributed by atoms with Crippen LogP contribution in [0.5, 0.6) is 5.75 Å². The van der Waals surface area contributed by atoms with E-state index in [9.17, 15) is 4.79 Å². The number of nitrogens with one attached hydrogen (secondary N) is 1. The molecule has 1 fully saturated rings. The number of benzene rings is 1. The Morgan fingerprint density at radius 3 is 2.70 bits per heavy atom. The molecule has 0 radical (unpaired) electrons. The van der Waals surface area contributed by atoms with Crippen LogP contribution in [-0.4, -0.2) is 31.6 Å². The SMILES string of the molecule is COc1ccc(C(C)N(I)C(=O)c2c(C)oc3ncnc(NC4(C)CC4)c23)cc1C. The van der Waals surface area contributed by atoms with Crippen LogP contribution in [0.2, 0.25) is 0 Å². The Morgan fingerprint density at radius 2 is 2.07 bits per heavy atom. The monoisotopic (exact) mass is 520 g/mol. The number of methoxy groups -OCH3 is 1. The molecule has 1 N–H and O–H groups in total. The molecule has 2 aromatic heterocycles. The van der Waals surface area contributed by atoms with Crippen molar-refractivity contribution in [3.63, 3.8) is 0 Å². The summed E-state index contributed by atoms with van der Waals surface area (Å²) in [5.41, 5.74) is 3.01. The number of carbonyl (C=O) groups excluding carboxylic acids is 1. The summed E-state index contributed by atoms with van der Waals surface area (Å²) in [5, 5.41) is 4.11. The number of ether oxygens (including phenoxy) is 1. The van der Waals surface area contributed by atoms with Crippen LogP contribution >= 0.6 is 22.9 Å². The zero-order valence-electron chi connectivity index (χ0n) is 17.7. The number of hydrogen-bond donors (Lipinski definition) is 1. The van der Waals surface area contributed by atoms with E-state index in [1.54, 1.807) is 17.1 Å². The van der Waals surface area contributed by atoms with Crippen molar-refractivity contribution in [2.75, 3.05) is 12.4 Å². The summed E-state index contributed by atoms with van der Waals surface area (Å²) >= 11 is 2.08. The van der Waals surface area contributed by atoms with Gasteiger partial charge in [-0.1, -0.05) is 12.1 Å². The minimum absolute atomic E-state index is 0.0186. The molecule has 1 aromatic carbocycles. The van der Waals surface area contributed by atoms with Crippen molar-refractivity contribution < 1.29 is 13.9 Å². The number of amides is 1. The van der Waals surface area contributed by atoms with E-state index in [0.717, 1.165) is 29.7 Å². The molecule has 8 heteroatoms. The van der Waals surface area contributed by atoms with Crippen LogP contribution in [-0.2, 0) is 0 Å². The Bertz CT molecular complexity index is 1120. The van der Waals surface area contributed by atoms with Gasteiger partial charge in [-0.15, -0.1) is 0 Å². The number of anilines is 1. The van der Waals surface area contributed by atoms with Crippen LogP contribution in [0.15, 0.2) is 28.9 Å². The first-order chi connectivity index (χ1) is 14.2. The fourth-order valence-corrected chi connectivity index (χ4v) is 4.13. The molecule has 158 valence electrons. The molecule has 1 atom stereocenters. The standard InChI is InChI=1S/C22H25IN4O3/c1-12-10-15(6-7-16(12)29-5)13(2)27(23)21(28)17-14(3)30-20-18(17)19(24-11-25-20)26-22(4)8-9-22/h6-7,10-11,13H,8-9H2,1-5H3,(H,24,25,26). The van der Waals surface area contributed by atoms with E-state index in [-0.39, 0.29) is 17.5 Å². The van der Waals surface area contributed by atoms with Crippen LogP contribution < -0.4 is 10.1 Å². The fourth-order valence-electron chi connectivity index (χ4n) is 3.57. The number of fused-ring (bicyclic) bond motifs is 1. The Balaban J connectivity index is 1.70. The highest BCUT2D eigenvalue weighted by Gasteiger charge is 2.39. The summed E-state index contributed by atoms with van der Waals surface area (Å²) in [6.45, 7) is 7.94. The van der Waals surface area contributed by atoms with Crippen LogP contribution in [0, 0.1) is 13.8 Å². The third-order valence-corrected chi connectivity index (χ3v) is 7.01. The van der Waals surface area contributed by atoms with Crippen LogP contribution in [0.1, 0.15) is 60.0 Å². The summed E-state index contributed by atoms with van der Waals surface area (Å²) < 4.78 is 12.9. The van der Waals surface area contributed by atoms with Gasteiger partial charge < -0.3 is 14.5 Å². The van der Waals surface area contributed by atoms with Gasteiger partial charge in [0.05, 0.1) is 47.0 Å². The lowest BCUT2D eigenvalue weighted by atomic mass is 10.0. The number of hydrogen-bond acceptors (Lipinski definition) is 6. The molecule has 1 aliphatic carbocycles. The van der Waals surface area contributed by atoms with E-state index >= 15 is 0 Å². The molecule has 1 aliphatic rings. The zero-order valence-corrected chi connectivity index (χ0v) is 19.9. The average molecular weight is 520 g/mol. The number of rotatable bonds is 6. The molecule has 1 amide bonds. The smallest absolute Gasteiger partial charge is 0.267 e. The number of halogens is 1. The minimum atomic E-state index is -0.144. The van der Waals surface area contributed by atoms with Crippen molar-refractivity contribution in [2.24, 2.45) is 0 Å². The Hall–Kier alpha value is -2.36. The predicted octanol–water partition coefficient (Wildman–Crippen LogP) is 5.37. The molecular weight excluding hydrogens is 495 g/mol. The van der Waals surface area contributed by atoms with Gasteiger partial charge >= 0.3 is 0 Å². The van der Waals surface area contributed by atoms with E-state index in [1.807, 2.05) is 32.0 Å². The van der Waals surface area contributed by atoms with Gasteiger partial charge in [0.15, 0.2) is 0 Å². The Morgan fingerprint density at radius 1 is 1.33 bits per heavy atom. The summed E-state index contributed by atoms with van der Waals surface area (Å²) in [5.74, 6) is 1.89. The topological polar surface area (TPSA) is 80.5 Å². The normalized spacial score (nSPS) is 15.7. The highest BCUT2D eigenvalue weighted by molar-refractivity contribution is 14.1. The van der Waals surface area contributed by atoms with Gasteiger partial charge in [-0.05, 0) is 57.7 Å². The third-order valence-electron chi connectivity index (χ3n) is 5.73. The summed E-state index contributed by atoms with van der Waals surface area (Å²) in [7, 11) is 1.65. The number of aryl methyl sites for hydroxylation is 2. The van der Waals surface area contributed by atoms with Gasteiger partial charge in [0, 0.05) is 5.54 Å². The summed E-state index contributed by atoms with van der Waals surface area (Å²) in [6.07, 6.45) is 3.62. The first-order valence-corrected chi connectivity index (χ1v) is 10.9. The average Bonchev–Trinajstić information content (AvgIpc) is 3.34. The van der Waals surface area contributed by atoms with Gasteiger partial charge in [0.25, 0.3) is 5.91 Å². The van der Waals surface area contributed by atoms with Crippen LogP contribution in [0.25, 0.3) is 11.1 Å². The van der Waals surface area contributed by atoms with E-state index < -0.39 is 0 Å². The lowest BCUT2D eigenvalue weighted by molar-refractivity contribution is 0.0861. The lowest BCUT2D eigenvalue weighted by Gasteiger charge is -2.24. The number of nitrogens with zero attached hydrogens (tertiary/aromatic N) is 3. The molecular formula is C22H25IN4O3. The fraction of sp³-hybridized carbons (Fsp3) is 0.409. The largest absolute Gasteiger partial charge is 0.496 e. The van der Waals surface area contributed by atoms with Crippen molar-refractivity contribution >= 4 is 45.7 Å². The van der Waals surface area contributed by atoms with Crippen molar-refractivity contribution in [1.82, 2.24) is 13.1 Å². The van der Waals surface area contributed by atoms with Crippen LogP contribution in [0.4, 0.5) is 5.82 Å². The quantitative estimate of drug-likeness (QED) is 0.348. The van der Waals surface area contributed by atoms with Crippen molar-refractivity contribution in [2.45, 2.75) is 52.1 Å². The van der Waals surface area contributed by atoms with E-state index in [0.29, 0.717) is 28.2 Å². The number of aromatic nitrogens is 2. The van der Waals surface area contributed by atoms with Crippen molar-refractivity contribution in [1.29, 1.82) is 0 Å². The highest BCUT2D eigenvalue weighted by atomic mass is 127. The number of furan rings is 1. The molecule has 30 heavy (non-hydrogen) atoms. The second-order valence-electron chi connectivity index (χ2n) is 8.14. The predicted molar refractivity (Wildman–Crippen MR) is 124 cm³/mol. The third kappa shape index (κ3) is 3.73. The summed E-state index contributed by atoms with van der Waals surface area (Å²) in [6, 6.07) is 5.82. The van der Waals surface area contributed by atoms with E-state index in [2.05, 4.69) is 45.1 Å². The van der Waals surface area contributed by atoms with Crippen molar-refractivity contribution in [3.05, 3.63) is 47.0 Å². The second kappa shape index (κ2) is 7.72. The molecule has 0 aliphatic heterocycles. The van der Waals surface area contributed by atoms with Gasteiger partial charge in [-0.2, -0.15) is 0 Å². The molecule has 3 aromatic rings. The zero-order chi connectivity index (χ0) is 21.6. The van der Waals surface area contributed by atoms with Gasteiger partial charge in [0.1, 0.15) is 23.7 Å². The molecule has 4 rings (SSSR count). The van der Waals surface area contributed by atoms with Gasteiger partial charge in [0.2, 0.25) is 5.71 Å². The maximum Gasteiger partial charge on any atom is 0.267 e. The van der Waals surface area contributed by atoms with Crippen molar-refractivity contribution in [3.8, 4) is 5.75 Å². The van der Waals surface area contributed by atoms with E-state index in [4.69, 9.17) is 9.15 Å². The van der Waals surface area contributed by atoms with Gasteiger partial charge in [-0.25, -0.2) is 9.97 Å². The van der Waals surface area contributed by atoms with Gasteiger partial charge in [-0.3, -0.25) is 7.91 Å². The minimum Gasteiger partial charge on any atom is -0.496 e. The maximum absolute atomic E-state index is 13.5. The molecule has 1 unspecified atom stereocenters. The number of carbonyl (C=O) groups is 1. The Labute approximate surface area is 189 Å². The molecule has 0 saturated heterocycles. The molecule has 1 saturated carbocycles. The molecule has 2 heterocycles. The molecule has 0 spiro atoms. The summed E-state index contributed by atoms with van der Waals surface area (Å²) in [4.78, 5) is 22.2. The first-order valence-electron chi connectivity index (χ1n) is 9.90.